The van der Waals surface area contributed by atoms with Crippen LogP contribution in [-0.4, -0.2) is 53.3 Å². The van der Waals surface area contributed by atoms with E-state index in [0.717, 1.165) is 21.9 Å². The molecule has 0 bridgehead atoms. The summed E-state index contributed by atoms with van der Waals surface area (Å²) in [4.78, 5) is 44.7. The highest BCUT2D eigenvalue weighted by Crippen LogP contribution is 2.33. The normalized spacial score (nSPS) is 18.0. The molecule has 216 valence electrons. The van der Waals surface area contributed by atoms with Gasteiger partial charge in [0.25, 0.3) is 5.91 Å². The molecule has 8 heteroatoms. The van der Waals surface area contributed by atoms with Gasteiger partial charge in [-0.05, 0) is 65.1 Å². The van der Waals surface area contributed by atoms with Gasteiger partial charge >= 0.3 is 0 Å². The predicted octanol–water partition coefficient (Wildman–Crippen LogP) is 5.33. The average Bonchev–Trinajstić information content (AvgIpc) is 3.11. The maximum absolute atomic E-state index is 14.5. The summed E-state index contributed by atoms with van der Waals surface area (Å²) in [5.41, 5.74) is 8.30. The van der Waals surface area contributed by atoms with Crippen LogP contribution in [0.3, 0.4) is 0 Å². The molecule has 0 aromatic heterocycles. The third-order valence-corrected chi connectivity index (χ3v) is 8.26. The number of fused-ring (bicyclic) bond motifs is 1. The van der Waals surface area contributed by atoms with Gasteiger partial charge in [-0.15, -0.1) is 0 Å². The quantitative estimate of drug-likeness (QED) is 0.303. The van der Waals surface area contributed by atoms with Crippen LogP contribution in [0.1, 0.15) is 36.1 Å². The molecule has 1 heterocycles. The van der Waals surface area contributed by atoms with E-state index in [2.05, 4.69) is 0 Å². The Morgan fingerprint density at radius 3 is 2.43 bits per heavy atom. The second-order valence-corrected chi connectivity index (χ2v) is 11.1. The first-order chi connectivity index (χ1) is 20.3. The standard InChI is InChI=1S/C34H34ClN3O4/c1-22-17-18-37(30(33(36)40)21-25-9-5-8-24-7-3-4-12-29(24)25)34(41)32(26-10-6-11-27(35)20-26)38(22)31(39)19-23-13-15-28(42-2)16-14-23/h3-16,20,22,30,32H,17-19,21H2,1-2H3,(H2,36,40)/t22-,30-,32+/m1/s1. The highest BCUT2D eigenvalue weighted by molar-refractivity contribution is 6.30. The maximum atomic E-state index is 14.5. The topological polar surface area (TPSA) is 92.9 Å². The van der Waals surface area contributed by atoms with Crippen molar-refractivity contribution in [1.29, 1.82) is 0 Å². The number of benzene rings is 4. The predicted molar refractivity (Wildman–Crippen MR) is 164 cm³/mol. The Labute approximate surface area is 250 Å². The Morgan fingerprint density at radius 2 is 1.71 bits per heavy atom. The average molecular weight is 584 g/mol. The van der Waals surface area contributed by atoms with Crippen LogP contribution < -0.4 is 10.5 Å². The fourth-order valence-corrected chi connectivity index (χ4v) is 6.04. The molecule has 42 heavy (non-hydrogen) atoms. The van der Waals surface area contributed by atoms with Gasteiger partial charge in [0, 0.05) is 24.0 Å². The fraction of sp³-hybridized carbons (Fsp3) is 0.265. The highest BCUT2D eigenvalue weighted by Gasteiger charge is 2.43. The van der Waals surface area contributed by atoms with E-state index in [-0.39, 0.29) is 37.2 Å². The van der Waals surface area contributed by atoms with Gasteiger partial charge in [-0.2, -0.15) is 0 Å². The van der Waals surface area contributed by atoms with Crippen molar-refractivity contribution in [2.24, 2.45) is 5.73 Å². The second kappa shape index (κ2) is 12.7. The van der Waals surface area contributed by atoms with Crippen molar-refractivity contribution in [1.82, 2.24) is 9.80 Å². The monoisotopic (exact) mass is 583 g/mol. The lowest BCUT2D eigenvalue weighted by molar-refractivity contribution is -0.148. The molecular formula is C34H34ClN3O4. The summed E-state index contributed by atoms with van der Waals surface area (Å²) in [5.74, 6) is -0.446. The van der Waals surface area contributed by atoms with Gasteiger partial charge in [0.2, 0.25) is 11.8 Å². The number of ether oxygens (including phenoxy) is 1. The maximum Gasteiger partial charge on any atom is 0.250 e. The number of hydrogen-bond donors (Lipinski definition) is 1. The zero-order chi connectivity index (χ0) is 29.8. The number of carbonyl (C=O) groups excluding carboxylic acids is 3. The first-order valence-corrected chi connectivity index (χ1v) is 14.4. The Morgan fingerprint density at radius 1 is 1.00 bits per heavy atom. The van der Waals surface area contributed by atoms with Crippen molar-refractivity contribution >= 4 is 40.1 Å². The molecule has 0 unspecified atom stereocenters. The molecule has 0 radical (unpaired) electrons. The van der Waals surface area contributed by atoms with Gasteiger partial charge in [0.05, 0.1) is 13.5 Å². The molecule has 0 saturated carbocycles. The van der Waals surface area contributed by atoms with Crippen LogP contribution in [0.25, 0.3) is 10.8 Å². The Hall–Kier alpha value is -4.36. The Balaban J connectivity index is 1.52. The smallest absolute Gasteiger partial charge is 0.250 e. The summed E-state index contributed by atoms with van der Waals surface area (Å²) in [6, 6.07) is 26.0. The second-order valence-electron chi connectivity index (χ2n) is 10.7. The van der Waals surface area contributed by atoms with Crippen molar-refractivity contribution < 1.29 is 19.1 Å². The minimum atomic E-state index is -0.971. The molecule has 1 aliphatic rings. The molecule has 1 fully saturated rings. The summed E-state index contributed by atoms with van der Waals surface area (Å²) in [5, 5.41) is 2.50. The summed E-state index contributed by atoms with van der Waals surface area (Å²) in [7, 11) is 1.59. The molecular weight excluding hydrogens is 550 g/mol. The number of primary amides is 1. The van der Waals surface area contributed by atoms with Crippen molar-refractivity contribution in [2.75, 3.05) is 13.7 Å². The van der Waals surface area contributed by atoms with E-state index < -0.39 is 18.0 Å². The van der Waals surface area contributed by atoms with Crippen LogP contribution in [0, 0.1) is 0 Å². The lowest BCUT2D eigenvalue weighted by Gasteiger charge is -2.36. The summed E-state index contributed by atoms with van der Waals surface area (Å²) in [6.45, 7) is 2.21. The van der Waals surface area contributed by atoms with Crippen LogP contribution in [0.2, 0.25) is 5.02 Å². The SMILES string of the molecule is COc1ccc(CC(=O)N2[C@H](C)CCN([C@H](Cc3cccc4ccccc34)C(N)=O)C(=O)[C@@H]2c2cccc(Cl)c2)cc1. The van der Waals surface area contributed by atoms with Gasteiger partial charge in [0.1, 0.15) is 17.8 Å². The van der Waals surface area contributed by atoms with E-state index in [9.17, 15) is 14.4 Å². The lowest BCUT2D eigenvalue weighted by atomic mass is 9.96. The third kappa shape index (κ3) is 6.11. The van der Waals surface area contributed by atoms with Crippen LogP contribution >= 0.6 is 11.6 Å². The molecule has 1 saturated heterocycles. The molecule has 0 spiro atoms. The zero-order valence-electron chi connectivity index (χ0n) is 23.7. The van der Waals surface area contributed by atoms with Crippen molar-refractivity contribution in [3.8, 4) is 5.75 Å². The van der Waals surface area contributed by atoms with E-state index in [1.165, 1.54) is 0 Å². The van der Waals surface area contributed by atoms with Crippen LogP contribution in [0.15, 0.2) is 91.0 Å². The highest BCUT2D eigenvalue weighted by atomic mass is 35.5. The number of rotatable bonds is 8. The summed E-state index contributed by atoms with van der Waals surface area (Å²) < 4.78 is 5.25. The summed E-state index contributed by atoms with van der Waals surface area (Å²) in [6.07, 6.45) is 0.850. The molecule has 3 amide bonds. The molecule has 7 nitrogen and oxygen atoms in total. The van der Waals surface area contributed by atoms with E-state index >= 15 is 0 Å². The van der Waals surface area contributed by atoms with Crippen LogP contribution in [-0.2, 0) is 27.2 Å². The number of nitrogens with zero attached hydrogens (tertiary/aromatic N) is 2. The van der Waals surface area contributed by atoms with Crippen molar-refractivity contribution in [3.63, 3.8) is 0 Å². The molecule has 3 atom stereocenters. The van der Waals surface area contributed by atoms with Crippen LogP contribution in [0.5, 0.6) is 5.75 Å². The minimum absolute atomic E-state index is 0.105. The Bertz CT molecular complexity index is 1600. The van der Waals surface area contributed by atoms with Gasteiger partial charge in [-0.3, -0.25) is 14.4 Å². The number of hydrogen-bond acceptors (Lipinski definition) is 4. The number of nitrogens with two attached hydrogens (primary N) is 1. The van der Waals surface area contributed by atoms with Crippen LogP contribution in [0.4, 0.5) is 0 Å². The van der Waals surface area contributed by atoms with E-state index in [4.69, 9.17) is 22.1 Å². The Kier molecular flexibility index (Phi) is 8.78. The number of carbonyl (C=O) groups is 3. The van der Waals surface area contributed by atoms with Gasteiger partial charge < -0.3 is 20.3 Å². The lowest BCUT2D eigenvalue weighted by Crippen LogP contribution is -2.52. The zero-order valence-corrected chi connectivity index (χ0v) is 24.5. The molecule has 5 rings (SSSR count). The largest absolute Gasteiger partial charge is 0.497 e. The number of amides is 3. The van der Waals surface area contributed by atoms with E-state index in [0.29, 0.717) is 22.8 Å². The third-order valence-electron chi connectivity index (χ3n) is 8.02. The number of halogens is 1. The van der Waals surface area contributed by atoms with Crippen molar-refractivity contribution in [2.45, 2.75) is 44.3 Å². The first-order valence-electron chi connectivity index (χ1n) is 14.0. The van der Waals surface area contributed by atoms with Gasteiger partial charge in [0.15, 0.2) is 0 Å². The van der Waals surface area contributed by atoms with E-state index in [1.807, 2.05) is 61.5 Å². The number of methoxy groups -OCH3 is 1. The molecule has 1 aliphatic heterocycles. The van der Waals surface area contributed by atoms with Crippen molar-refractivity contribution in [3.05, 3.63) is 113 Å². The first kappa shape index (κ1) is 29.1. The molecule has 2 N–H and O–H groups in total. The summed E-state index contributed by atoms with van der Waals surface area (Å²) >= 11 is 6.37. The van der Waals surface area contributed by atoms with E-state index in [1.54, 1.807) is 53.3 Å². The molecule has 4 aromatic rings. The minimum Gasteiger partial charge on any atom is -0.497 e. The van der Waals surface area contributed by atoms with Gasteiger partial charge in [-0.25, -0.2) is 0 Å². The van der Waals surface area contributed by atoms with Gasteiger partial charge in [-0.1, -0.05) is 78.3 Å². The fourth-order valence-electron chi connectivity index (χ4n) is 5.84. The molecule has 4 aromatic carbocycles. The molecule has 0 aliphatic carbocycles.